The summed E-state index contributed by atoms with van der Waals surface area (Å²) >= 11 is 0. The molecule has 2 rings (SSSR count). The van der Waals surface area contributed by atoms with Gasteiger partial charge >= 0.3 is 0 Å². The van der Waals surface area contributed by atoms with Crippen LogP contribution in [0, 0.1) is 6.92 Å². The van der Waals surface area contributed by atoms with E-state index < -0.39 is 10.0 Å². The Labute approximate surface area is 118 Å². The minimum atomic E-state index is -3.62. The molecule has 0 aliphatic rings. The minimum Gasteiger partial charge on any atom is -0.251 e. The molecule has 20 heavy (non-hydrogen) atoms. The predicted octanol–water partition coefficient (Wildman–Crippen LogP) is 3.17. The van der Waals surface area contributed by atoms with E-state index in [1.807, 2.05) is 6.92 Å². The van der Waals surface area contributed by atoms with E-state index in [2.05, 4.69) is 11.6 Å². The van der Waals surface area contributed by atoms with Gasteiger partial charge in [0.15, 0.2) is 0 Å². The normalized spacial score (nSPS) is 13.2. The van der Waals surface area contributed by atoms with Crippen LogP contribution in [0.5, 0.6) is 0 Å². The van der Waals surface area contributed by atoms with Crippen molar-refractivity contribution < 1.29 is 8.42 Å². The van der Waals surface area contributed by atoms with Crippen molar-refractivity contribution in [3.63, 3.8) is 0 Å². The smallest absolute Gasteiger partial charge is 0.251 e. The molecule has 0 N–H and O–H groups in total. The SMILES string of the molecule is C=C/C=C\C(=C/C)S(=O)(=O)n1ccc2nc(C)ccc21. The Hall–Kier alpha value is -2.14. The van der Waals surface area contributed by atoms with Crippen LogP contribution in [0.2, 0.25) is 0 Å². The highest BCUT2D eigenvalue weighted by atomic mass is 32.2. The molecule has 2 aromatic heterocycles. The van der Waals surface area contributed by atoms with Gasteiger partial charge in [0.25, 0.3) is 10.0 Å². The van der Waals surface area contributed by atoms with Gasteiger partial charge in [-0.25, -0.2) is 12.4 Å². The monoisotopic (exact) mass is 288 g/mol. The summed E-state index contributed by atoms with van der Waals surface area (Å²) in [7, 11) is -3.62. The molecular formula is C15H16N2O2S. The molecule has 0 saturated heterocycles. The van der Waals surface area contributed by atoms with Crippen molar-refractivity contribution >= 4 is 21.1 Å². The second-order valence-corrected chi connectivity index (χ2v) is 6.07. The number of hydrogen-bond donors (Lipinski definition) is 0. The molecular weight excluding hydrogens is 272 g/mol. The average molecular weight is 288 g/mol. The van der Waals surface area contributed by atoms with Crippen molar-refractivity contribution in [1.82, 2.24) is 8.96 Å². The first-order chi connectivity index (χ1) is 9.50. The van der Waals surface area contributed by atoms with E-state index in [0.29, 0.717) is 11.0 Å². The summed E-state index contributed by atoms with van der Waals surface area (Å²) in [6, 6.07) is 5.26. The Morgan fingerprint density at radius 1 is 1.35 bits per heavy atom. The van der Waals surface area contributed by atoms with Crippen molar-refractivity contribution in [2.24, 2.45) is 0 Å². The second kappa shape index (κ2) is 5.46. The van der Waals surface area contributed by atoms with Crippen molar-refractivity contribution in [3.8, 4) is 0 Å². The molecule has 0 bridgehead atoms. The fourth-order valence-electron chi connectivity index (χ4n) is 1.91. The Kier molecular flexibility index (Phi) is 3.90. The van der Waals surface area contributed by atoms with E-state index in [-0.39, 0.29) is 4.91 Å². The van der Waals surface area contributed by atoms with E-state index in [0.717, 1.165) is 5.69 Å². The van der Waals surface area contributed by atoms with Gasteiger partial charge in [0.05, 0.1) is 15.9 Å². The van der Waals surface area contributed by atoms with E-state index in [1.165, 1.54) is 22.3 Å². The summed E-state index contributed by atoms with van der Waals surface area (Å²) in [6.07, 6.45) is 7.74. The highest BCUT2D eigenvalue weighted by molar-refractivity contribution is 7.94. The van der Waals surface area contributed by atoms with Crippen LogP contribution >= 0.6 is 0 Å². The molecule has 2 heterocycles. The highest BCUT2D eigenvalue weighted by Gasteiger charge is 2.19. The molecule has 104 valence electrons. The lowest BCUT2D eigenvalue weighted by Gasteiger charge is -2.08. The van der Waals surface area contributed by atoms with Gasteiger partial charge in [-0.2, -0.15) is 0 Å². The third-order valence-corrected chi connectivity index (χ3v) is 4.69. The first-order valence-electron chi connectivity index (χ1n) is 6.16. The fraction of sp³-hybridized carbons (Fsp3) is 0.133. The number of fused-ring (bicyclic) bond motifs is 1. The number of rotatable bonds is 4. The van der Waals surface area contributed by atoms with E-state index in [4.69, 9.17) is 0 Å². The van der Waals surface area contributed by atoms with Gasteiger partial charge < -0.3 is 0 Å². The van der Waals surface area contributed by atoms with E-state index in [1.54, 1.807) is 37.3 Å². The minimum absolute atomic E-state index is 0.218. The van der Waals surface area contributed by atoms with Gasteiger partial charge in [-0.05, 0) is 38.1 Å². The standard InChI is InChI=1S/C15H16N2O2S/c1-4-6-7-13(5-2)20(18,19)17-11-10-14-15(17)9-8-12(3)16-14/h4-11H,1H2,2-3H3/b7-6-,13-5+. The average Bonchev–Trinajstić information content (AvgIpc) is 2.82. The van der Waals surface area contributed by atoms with Crippen LogP contribution in [0.1, 0.15) is 12.6 Å². The highest BCUT2D eigenvalue weighted by Crippen LogP contribution is 2.21. The molecule has 0 aromatic carbocycles. The number of aryl methyl sites for hydroxylation is 1. The van der Waals surface area contributed by atoms with Gasteiger partial charge in [-0.1, -0.05) is 24.8 Å². The summed E-state index contributed by atoms with van der Waals surface area (Å²) in [5, 5.41) is 0. The summed E-state index contributed by atoms with van der Waals surface area (Å²) in [5.74, 6) is 0. The van der Waals surface area contributed by atoms with E-state index in [9.17, 15) is 8.42 Å². The van der Waals surface area contributed by atoms with Crippen molar-refractivity contribution in [3.05, 3.63) is 65.9 Å². The summed E-state index contributed by atoms with van der Waals surface area (Å²) < 4.78 is 26.5. The Morgan fingerprint density at radius 3 is 2.75 bits per heavy atom. The number of pyridine rings is 1. The zero-order chi connectivity index (χ0) is 14.8. The topological polar surface area (TPSA) is 52.0 Å². The Bertz CT molecular complexity index is 812. The largest absolute Gasteiger partial charge is 0.267 e. The molecule has 4 nitrogen and oxygen atoms in total. The maximum absolute atomic E-state index is 12.6. The van der Waals surface area contributed by atoms with Crippen LogP contribution in [0.15, 0.2) is 60.2 Å². The van der Waals surface area contributed by atoms with Crippen LogP contribution in [0.4, 0.5) is 0 Å². The third-order valence-electron chi connectivity index (χ3n) is 2.88. The molecule has 0 aliphatic carbocycles. The predicted molar refractivity (Wildman–Crippen MR) is 81.9 cm³/mol. The van der Waals surface area contributed by atoms with Crippen LogP contribution in [-0.4, -0.2) is 17.4 Å². The Morgan fingerprint density at radius 2 is 2.10 bits per heavy atom. The van der Waals surface area contributed by atoms with Gasteiger partial charge in [-0.3, -0.25) is 4.98 Å². The number of nitrogens with zero attached hydrogens (tertiary/aromatic N) is 2. The molecule has 0 fully saturated rings. The van der Waals surface area contributed by atoms with E-state index >= 15 is 0 Å². The molecule has 0 radical (unpaired) electrons. The maximum Gasteiger partial charge on any atom is 0.267 e. The first-order valence-corrected chi connectivity index (χ1v) is 7.60. The van der Waals surface area contributed by atoms with Crippen LogP contribution in [-0.2, 0) is 10.0 Å². The van der Waals surface area contributed by atoms with Crippen LogP contribution in [0.25, 0.3) is 11.0 Å². The Balaban J connectivity index is 2.63. The molecule has 0 unspecified atom stereocenters. The molecule has 5 heteroatoms. The fourth-order valence-corrected chi connectivity index (χ4v) is 3.32. The van der Waals surface area contributed by atoms with Gasteiger partial charge in [0.2, 0.25) is 0 Å². The van der Waals surface area contributed by atoms with Crippen LogP contribution in [0.3, 0.4) is 0 Å². The number of aromatic nitrogens is 2. The maximum atomic E-state index is 12.6. The van der Waals surface area contributed by atoms with Crippen LogP contribution < -0.4 is 0 Å². The molecule has 0 atom stereocenters. The zero-order valence-electron chi connectivity index (χ0n) is 11.4. The number of hydrogen-bond acceptors (Lipinski definition) is 3. The lowest BCUT2D eigenvalue weighted by Crippen LogP contribution is -2.12. The quantitative estimate of drug-likeness (QED) is 0.812. The summed E-state index contributed by atoms with van der Waals surface area (Å²) in [5.41, 5.74) is 2.09. The molecule has 0 amide bonds. The molecule has 0 aliphatic heterocycles. The van der Waals surface area contributed by atoms with Gasteiger partial charge in [0.1, 0.15) is 0 Å². The molecule has 0 spiro atoms. The van der Waals surface area contributed by atoms with Gasteiger partial charge in [-0.15, -0.1) is 0 Å². The zero-order valence-corrected chi connectivity index (χ0v) is 12.3. The molecule has 0 saturated carbocycles. The summed E-state index contributed by atoms with van der Waals surface area (Å²) in [4.78, 5) is 4.54. The lowest BCUT2D eigenvalue weighted by molar-refractivity contribution is 0.596. The third kappa shape index (κ3) is 2.44. The number of allylic oxidation sites excluding steroid dienone is 4. The van der Waals surface area contributed by atoms with Crippen molar-refractivity contribution in [2.45, 2.75) is 13.8 Å². The van der Waals surface area contributed by atoms with Crippen molar-refractivity contribution in [2.75, 3.05) is 0 Å². The first kappa shape index (κ1) is 14.3. The van der Waals surface area contributed by atoms with Gasteiger partial charge in [0, 0.05) is 11.9 Å². The molecule has 2 aromatic rings. The lowest BCUT2D eigenvalue weighted by atomic mass is 10.3. The second-order valence-electron chi connectivity index (χ2n) is 4.26. The van der Waals surface area contributed by atoms with Crippen molar-refractivity contribution in [1.29, 1.82) is 0 Å². The summed E-state index contributed by atoms with van der Waals surface area (Å²) in [6.45, 7) is 7.11.